The molecule has 0 fully saturated rings. The van der Waals surface area contributed by atoms with Crippen LogP contribution in [-0.2, 0) is 19.1 Å². The van der Waals surface area contributed by atoms with E-state index >= 15 is 0 Å². The van der Waals surface area contributed by atoms with Crippen LogP contribution in [0, 0.1) is 0 Å². The second kappa shape index (κ2) is 10.7. The second-order valence-corrected chi connectivity index (χ2v) is 6.63. The molecule has 0 unspecified atom stereocenters. The largest absolute Gasteiger partial charge is 0.455 e. The van der Waals surface area contributed by atoms with E-state index in [0.29, 0.717) is 13.0 Å². The zero-order chi connectivity index (χ0) is 21.2. The van der Waals surface area contributed by atoms with Crippen LogP contribution in [0.2, 0.25) is 0 Å². The summed E-state index contributed by atoms with van der Waals surface area (Å²) in [4.78, 5) is 35.8. The van der Waals surface area contributed by atoms with Gasteiger partial charge in [-0.3, -0.25) is 14.4 Å². The molecule has 30 heavy (non-hydrogen) atoms. The Hall–Kier alpha value is -3.74. The van der Waals surface area contributed by atoms with E-state index in [0.717, 1.165) is 16.8 Å². The Kier molecular flexibility index (Phi) is 7.49. The minimum atomic E-state index is -0.554. The third-order valence-corrected chi connectivity index (χ3v) is 4.41. The van der Waals surface area contributed by atoms with Crippen molar-refractivity contribution in [1.82, 2.24) is 10.3 Å². The summed E-state index contributed by atoms with van der Waals surface area (Å²) in [6.07, 6.45) is 3.73. The van der Waals surface area contributed by atoms with E-state index in [4.69, 9.17) is 4.74 Å². The molecule has 0 saturated carbocycles. The van der Waals surface area contributed by atoms with Crippen molar-refractivity contribution < 1.29 is 19.1 Å². The molecule has 1 aliphatic rings. The van der Waals surface area contributed by atoms with Crippen LogP contribution in [0.3, 0.4) is 0 Å². The van der Waals surface area contributed by atoms with Gasteiger partial charge in [0.25, 0.3) is 5.91 Å². The fourth-order valence-corrected chi connectivity index (χ4v) is 2.84. The standard InChI is InChI=1S/C23H23N3O4/c27-21(12-11-18-7-3-1-4-8-18)24-15-13-23(29)30-17-22(28)26-16-14-20(25-26)19-9-5-2-6-10-19/h1-12H,13-17H2,(H,24,27)/b12-11+. The van der Waals surface area contributed by atoms with E-state index in [9.17, 15) is 14.4 Å². The van der Waals surface area contributed by atoms with E-state index < -0.39 is 5.97 Å². The highest BCUT2D eigenvalue weighted by Crippen LogP contribution is 2.13. The van der Waals surface area contributed by atoms with Crippen molar-refractivity contribution >= 4 is 29.6 Å². The highest BCUT2D eigenvalue weighted by atomic mass is 16.5. The highest BCUT2D eigenvalue weighted by molar-refractivity contribution is 6.02. The van der Waals surface area contributed by atoms with Crippen LogP contribution in [-0.4, -0.2) is 48.2 Å². The van der Waals surface area contributed by atoms with Gasteiger partial charge in [-0.1, -0.05) is 60.7 Å². The van der Waals surface area contributed by atoms with Gasteiger partial charge in [-0.05, 0) is 17.2 Å². The zero-order valence-corrected chi connectivity index (χ0v) is 16.5. The molecule has 154 valence electrons. The van der Waals surface area contributed by atoms with Crippen LogP contribution in [0.25, 0.3) is 6.08 Å². The zero-order valence-electron chi connectivity index (χ0n) is 16.5. The fourth-order valence-electron chi connectivity index (χ4n) is 2.84. The van der Waals surface area contributed by atoms with E-state index in [1.165, 1.54) is 11.1 Å². The molecule has 7 heteroatoms. The van der Waals surface area contributed by atoms with E-state index in [1.54, 1.807) is 6.08 Å². The Bertz CT molecular complexity index is 939. The third-order valence-electron chi connectivity index (χ3n) is 4.41. The first-order chi connectivity index (χ1) is 14.6. The second-order valence-electron chi connectivity index (χ2n) is 6.63. The molecule has 1 aliphatic heterocycles. The van der Waals surface area contributed by atoms with Crippen molar-refractivity contribution in [1.29, 1.82) is 0 Å². The molecule has 0 atom stereocenters. The van der Waals surface area contributed by atoms with Gasteiger partial charge in [0.1, 0.15) is 0 Å². The van der Waals surface area contributed by atoms with Gasteiger partial charge < -0.3 is 10.1 Å². The number of nitrogens with one attached hydrogen (secondary N) is 1. The Morgan fingerprint density at radius 2 is 1.73 bits per heavy atom. The van der Waals surface area contributed by atoms with Crippen molar-refractivity contribution in [3.8, 4) is 0 Å². The first-order valence-corrected chi connectivity index (χ1v) is 9.71. The number of nitrogens with zero attached hydrogens (tertiary/aromatic N) is 2. The molecule has 0 bridgehead atoms. The molecule has 0 spiro atoms. The fraction of sp³-hybridized carbons (Fsp3) is 0.217. The van der Waals surface area contributed by atoms with E-state index in [2.05, 4.69) is 10.4 Å². The Morgan fingerprint density at radius 1 is 1.03 bits per heavy atom. The quantitative estimate of drug-likeness (QED) is 0.540. The minimum Gasteiger partial charge on any atom is -0.455 e. The minimum absolute atomic E-state index is 0.0171. The summed E-state index contributed by atoms with van der Waals surface area (Å²) in [5.41, 5.74) is 2.72. The lowest BCUT2D eigenvalue weighted by Gasteiger charge is -2.11. The topological polar surface area (TPSA) is 88.1 Å². The maximum absolute atomic E-state index is 12.2. The smallest absolute Gasteiger partial charge is 0.308 e. The van der Waals surface area contributed by atoms with Gasteiger partial charge >= 0.3 is 5.97 Å². The Labute approximate surface area is 175 Å². The molecule has 7 nitrogen and oxygen atoms in total. The van der Waals surface area contributed by atoms with Crippen LogP contribution < -0.4 is 5.32 Å². The summed E-state index contributed by atoms with van der Waals surface area (Å²) in [5.74, 6) is -1.23. The number of carbonyl (C=O) groups excluding carboxylic acids is 3. The van der Waals surface area contributed by atoms with Crippen LogP contribution >= 0.6 is 0 Å². The number of benzene rings is 2. The number of ether oxygens (including phenoxy) is 1. The molecule has 1 N–H and O–H groups in total. The SMILES string of the molecule is O=C(/C=C/c1ccccc1)NCCC(=O)OCC(=O)N1CCC(c2ccccc2)=N1. The molecular weight excluding hydrogens is 382 g/mol. The van der Waals surface area contributed by atoms with Crippen molar-refractivity contribution in [3.63, 3.8) is 0 Å². The summed E-state index contributed by atoms with van der Waals surface area (Å²) in [6.45, 7) is 0.224. The van der Waals surface area contributed by atoms with Crippen LogP contribution in [0.15, 0.2) is 71.8 Å². The first-order valence-electron chi connectivity index (χ1n) is 9.71. The number of hydrogen-bond donors (Lipinski definition) is 1. The van der Waals surface area contributed by atoms with Gasteiger partial charge in [0.15, 0.2) is 6.61 Å². The van der Waals surface area contributed by atoms with Crippen molar-refractivity contribution in [2.45, 2.75) is 12.8 Å². The lowest BCUT2D eigenvalue weighted by Crippen LogP contribution is -2.30. The molecule has 0 radical (unpaired) electrons. The van der Waals surface area contributed by atoms with Gasteiger partial charge in [0, 0.05) is 19.0 Å². The number of hydrazone groups is 1. The molecule has 0 aliphatic carbocycles. The van der Waals surface area contributed by atoms with Crippen molar-refractivity contribution in [3.05, 3.63) is 77.9 Å². The first kappa shape index (κ1) is 21.0. The van der Waals surface area contributed by atoms with Crippen LogP contribution in [0.4, 0.5) is 0 Å². The van der Waals surface area contributed by atoms with Gasteiger partial charge in [0.05, 0.1) is 18.7 Å². The molecule has 0 saturated heterocycles. The van der Waals surface area contributed by atoms with E-state index in [1.807, 2.05) is 60.7 Å². The van der Waals surface area contributed by atoms with Crippen LogP contribution in [0.1, 0.15) is 24.0 Å². The Balaban J connectivity index is 1.34. The molecule has 2 aromatic carbocycles. The number of esters is 1. The maximum Gasteiger partial charge on any atom is 0.308 e. The highest BCUT2D eigenvalue weighted by Gasteiger charge is 2.22. The molecular formula is C23H23N3O4. The molecule has 2 amide bonds. The van der Waals surface area contributed by atoms with Gasteiger partial charge in [-0.25, -0.2) is 5.01 Å². The van der Waals surface area contributed by atoms with Crippen molar-refractivity contribution in [2.75, 3.05) is 19.7 Å². The van der Waals surface area contributed by atoms with Gasteiger partial charge in [-0.2, -0.15) is 5.10 Å². The molecule has 3 rings (SSSR count). The average molecular weight is 405 g/mol. The normalized spacial score (nSPS) is 13.2. The van der Waals surface area contributed by atoms with Crippen LogP contribution in [0.5, 0.6) is 0 Å². The molecule has 1 heterocycles. The lowest BCUT2D eigenvalue weighted by atomic mass is 10.1. The third kappa shape index (κ3) is 6.41. The predicted molar refractivity (Wildman–Crippen MR) is 113 cm³/mol. The summed E-state index contributed by atoms with van der Waals surface area (Å²) >= 11 is 0. The number of hydrogen-bond acceptors (Lipinski definition) is 5. The Morgan fingerprint density at radius 3 is 2.47 bits per heavy atom. The number of amides is 2. The predicted octanol–water partition coefficient (Wildman–Crippen LogP) is 2.39. The lowest BCUT2D eigenvalue weighted by molar-refractivity contribution is -0.151. The van der Waals surface area contributed by atoms with E-state index in [-0.39, 0.29) is 31.4 Å². The summed E-state index contributed by atoms with van der Waals surface area (Å²) in [6, 6.07) is 19.1. The number of carbonyl (C=O) groups is 3. The van der Waals surface area contributed by atoms with Gasteiger partial charge in [-0.15, -0.1) is 0 Å². The summed E-state index contributed by atoms with van der Waals surface area (Å²) in [5, 5.41) is 8.24. The average Bonchev–Trinajstić information content (AvgIpc) is 3.28. The molecule has 2 aromatic rings. The summed E-state index contributed by atoms with van der Waals surface area (Å²) in [7, 11) is 0. The monoisotopic (exact) mass is 405 g/mol. The maximum atomic E-state index is 12.2. The van der Waals surface area contributed by atoms with Gasteiger partial charge in [0.2, 0.25) is 5.91 Å². The number of rotatable bonds is 8. The van der Waals surface area contributed by atoms with Crippen molar-refractivity contribution in [2.24, 2.45) is 5.10 Å². The molecule has 0 aromatic heterocycles. The summed E-state index contributed by atoms with van der Waals surface area (Å²) < 4.78 is 5.00.